The SMILES string of the molecule is Nc1ccc2ccccc2c1B(O)O. The molecule has 0 radical (unpaired) electrons. The van der Waals surface area contributed by atoms with Crippen LogP contribution in [-0.2, 0) is 0 Å². The maximum atomic E-state index is 9.18. The van der Waals surface area contributed by atoms with Crippen LogP contribution in [0, 0.1) is 0 Å². The van der Waals surface area contributed by atoms with Crippen LogP contribution in [0.2, 0.25) is 0 Å². The highest BCUT2D eigenvalue weighted by atomic mass is 16.4. The molecular weight excluding hydrogens is 177 g/mol. The number of hydrogen-bond donors (Lipinski definition) is 3. The molecule has 0 unspecified atom stereocenters. The second-order valence-electron chi connectivity index (χ2n) is 3.16. The predicted molar refractivity (Wildman–Crippen MR) is 58.2 cm³/mol. The number of benzene rings is 2. The van der Waals surface area contributed by atoms with Crippen molar-refractivity contribution in [1.82, 2.24) is 0 Å². The number of rotatable bonds is 1. The average Bonchev–Trinajstić information content (AvgIpc) is 2.17. The first-order valence-electron chi connectivity index (χ1n) is 4.33. The monoisotopic (exact) mass is 187 g/mol. The lowest BCUT2D eigenvalue weighted by Gasteiger charge is -2.08. The number of nitrogen functional groups attached to an aromatic ring is 1. The molecule has 2 aromatic rings. The normalized spacial score (nSPS) is 10.4. The van der Waals surface area contributed by atoms with Crippen LogP contribution in [0.5, 0.6) is 0 Å². The van der Waals surface area contributed by atoms with Crippen molar-refractivity contribution in [1.29, 1.82) is 0 Å². The number of hydrogen-bond acceptors (Lipinski definition) is 3. The zero-order chi connectivity index (χ0) is 10.1. The summed E-state index contributed by atoms with van der Waals surface area (Å²) in [4.78, 5) is 0. The summed E-state index contributed by atoms with van der Waals surface area (Å²) < 4.78 is 0. The summed E-state index contributed by atoms with van der Waals surface area (Å²) in [5, 5.41) is 20.1. The van der Waals surface area contributed by atoms with Crippen molar-refractivity contribution in [2.24, 2.45) is 0 Å². The van der Waals surface area contributed by atoms with Crippen LogP contribution in [0.1, 0.15) is 0 Å². The van der Waals surface area contributed by atoms with Gasteiger partial charge in [-0.05, 0) is 16.8 Å². The first kappa shape index (κ1) is 9.06. The fourth-order valence-corrected chi connectivity index (χ4v) is 1.60. The summed E-state index contributed by atoms with van der Waals surface area (Å²) in [6.45, 7) is 0. The van der Waals surface area contributed by atoms with Gasteiger partial charge in [0.1, 0.15) is 0 Å². The van der Waals surface area contributed by atoms with E-state index in [4.69, 9.17) is 5.73 Å². The Bertz CT molecular complexity index is 471. The van der Waals surface area contributed by atoms with E-state index in [9.17, 15) is 10.0 Å². The van der Waals surface area contributed by atoms with Crippen molar-refractivity contribution in [2.45, 2.75) is 0 Å². The van der Waals surface area contributed by atoms with Crippen LogP contribution in [0.3, 0.4) is 0 Å². The Kier molecular flexibility index (Phi) is 2.15. The molecule has 4 N–H and O–H groups in total. The van der Waals surface area contributed by atoms with Gasteiger partial charge in [-0.1, -0.05) is 30.3 Å². The van der Waals surface area contributed by atoms with Crippen LogP contribution >= 0.6 is 0 Å². The van der Waals surface area contributed by atoms with Gasteiger partial charge in [0, 0.05) is 11.2 Å². The minimum Gasteiger partial charge on any atom is -0.423 e. The fourth-order valence-electron chi connectivity index (χ4n) is 1.60. The van der Waals surface area contributed by atoms with Gasteiger partial charge in [0.2, 0.25) is 0 Å². The number of anilines is 1. The molecule has 0 saturated heterocycles. The van der Waals surface area contributed by atoms with Crippen molar-refractivity contribution in [3.63, 3.8) is 0 Å². The van der Waals surface area contributed by atoms with Crippen molar-refractivity contribution in [3.8, 4) is 0 Å². The van der Waals surface area contributed by atoms with Gasteiger partial charge in [0.15, 0.2) is 0 Å². The molecule has 14 heavy (non-hydrogen) atoms. The Hall–Kier alpha value is -1.52. The molecule has 2 rings (SSSR count). The second kappa shape index (κ2) is 3.33. The molecule has 0 atom stereocenters. The highest BCUT2D eigenvalue weighted by Gasteiger charge is 2.17. The molecular formula is C10H10BNO2. The summed E-state index contributed by atoms with van der Waals surface area (Å²) >= 11 is 0. The van der Waals surface area contributed by atoms with Crippen molar-refractivity contribution in [3.05, 3.63) is 36.4 Å². The third kappa shape index (κ3) is 1.34. The molecule has 0 saturated carbocycles. The Balaban J connectivity index is 2.83. The minimum atomic E-state index is -1.53. The van der Waals surface area contributed by atoms with Gasteiger partial charge < -0.3 is 15.8 Å². The largest absolute Gasteiger partial charge is 0.491 e. The van der Waals surface area contributed by atoms with Crippen LogP contribution in [-0.4, -0.2) is 17.2 Å². The lowest BCUT2D eigenvalue weighted by Crippen LogP contribution is -2.32. The number of fused-ring (bicyclic) bond motifs is 1. The van der Waals surface area contributed by atoms with Gasteiger partial charge in [0.25, 0.3) is 0 Å². The molecule has 0 aliphatic rings. The van der Waals surface area contributed by atoms with E-state index in [1.54, 1.807) is 6.07 Å². The second-order valence-corrected chi connectivity index (χ2v) is 3.16. The van der Waals surface area contributed by atoms with E-state index in [1.165, 1.54) is 0 Å². The maximum absolute atomic E-state index is 9.18. The quantitative estimate of drug-likeness (QED) is 0.438. The van der Waals surface area contributed by atoms with E-state index in [2.05, 4.69) is 0 Å². The van der Waals surface area contributed by atoms with Gasteiger partial charge in [-0.3, -0.25) is 0 Å². The minimum absolute atomic E-state index is 0.378. The van der Waals surface area contributed by atoms with Crippen molar-refractivity contribution in [2.75, 3.05) is 5.73 Å². The third-order valence-corrected chi connectivity index (χ3v) is 2.26. The zero-order valence-electron chi connectivity index (χ0n) is 7.51. The van der Waals surface area contributed by atoms with E-state index >= 15 is 0 Å². The van der Waals surface area contributed by atoms with Crippen LogP contribution < -0.4 is 11.2 Å². The Labute approximate surface area is 81.9 Å². The van der Waals surface area contributed by atoms with Gasteiger partial charge in [-0.15, -0.1) is 0 Å². The van der Waals surface area contributed by atoms with Gasteiger partial charge in [0.05, 0.1) is 0 Å². The summed E-state index contributed by atoms with van der Waals surface area (Å²) in [7, 11) is -1.53. The van der Waals surface area contributed by atoms with Crippen molar-refractivity contribution < 1.29 is 10.0 Å². The lowest BCUT2D eigenvalue weighted by molar-refractivity contribution is 0.426. The van der Waals surface area contributed by atoms with Crippen LogP contribution in [0.15, 0.2) is 36.4 Å². The molecule has 0 heterocycles. The lowest BCUT2D eigenvalue weighted by atomic mass is 9.76. The predicted octanol–water partition coefficient (Wildman–Crippen LogP) is 0.102. The first-order chi connectivity index (χ1) is 6.70. The third-order valence-electron chi connectivity index (χ3n) is 2.26. The summed E-state index contributed by atoms with van der Waals surface area (Å²) in [5.41, 5.74) is 6.45. The highest BCUT2D eigenvalue weighted by molar-refractivity contribution is 6.64. The maximum Gasteiger partial charge on any atom is 0.491 e. The fraction of sp³-hybridized carbons (Fsp3) is 0. The highest BCUT2D eigenvalue weighted by Crippen LogP contribution is 2.14. The van der Waals surface area contributed by atoms with E-state index in [1.807, 2.05) is 30.3 Å². The molecule has 0 bridgehead atoms. The molecule has 70 valence electrons. The van der Waals surface area contributed by atoms with Gasteiger partial charge >= 0.3 is 7.12 Å². The van der Waals surface area contributed by atoms with Crippen molar-refractivity contribution >= 4 is 29.0 Å². The molecule has 3 nitrogen and oxygen atoms in total. The topological polar surface area (TPSA) is 66.5 Å². The van der Waals surface area contributed by atoms with E-state index in [-0.39, 0.29) is 0 Å². The summed E-state index contributed by atoms with van der Waals surface area (Å²) in [6, 6.07) is 11.0. The van der Waals surface area contributed by atoms with Crippen LogP contribution in [0.4, 0.5) is 5.69 Å². The van der Waals surface area contributed by atoms with Gasteiger partial charge in [-0.25, -0.2) is 0 Å². The Morgan fingerprint density at radius 2 is 1.71 bits per heavy atom. The van der Waals surface area contributed by atoms with E-state index in [0.717, 1.165) is 10.8 Å². The molecule has 0 aliphatic heterocycles. The molecule has 0 amide bonds. The first-order valence-corrected chi connectivity index (χ1v) is 4.33. The molecule has 0 fully saturated rings. The number of nitrogens with two attached hydrogens (primary N) is 1. The Morgan fingerprint density at radius 1 is 1.00 bits per heavy atom. The molecule has 2 aromatic carbocycles. The van der Waals surface area contributed by atoms with Crippen LogP contribution in [0.25, 0.3) is 10.8 Å². The molecule has 0 aromatic heterocycles. The molecule has 4 heteroatoms. The van der Waals surface area contributed by atoms with E-state index in [0.29, 0.717) is 11.2 Å². The summed E-state index contributed by atoms with van der Waals surface area (Å²) in [6.07, 6.45) is 0. The molecule has 0 spiro atoms. The average molecular weight is 187 g/mol. The zero-order valence-corrected chi connectivity index (χ0v) is 7.51. The summed E-state index contributed by atoms with van der Waals surface area (Å²) in [5.74, 6) is 0. The van der Waals surface area contributed by atoms with E-state index < -0.39 is 7.12 Å². The standard InChI is InChI=1S/C10H10BNO2/c12-9-6-5-7-3-1-2-4-8(7)10(9)11(13)14/h1-6,13-14H,12H2. The molecule has 0 aliphatic carbocycles. The Morgan fingerprint density at radius 3 is 2.43 bits per heavy atom. The van der Waals surface area contributed by atoms with Gasteiger partial charge in [-0.2, -0.15) is 0 Å². The smallest absolute Gasteiger partial charge is 0.423 e.